The van der Waals surface area contributed by atoms with Crippen molar-refractivity contribution in [3.8, 4) is 0 Å². The maximum atomic E-state index is 13.0. The van der Waals surface area contributed by atoms with Crippen LogP contribution in [0.2, 0.25) is 0 Å². The number of fused-ring (bicyclic) bond motifs is 1. The lowest BCUT2D eigenvalue weighted by Gasteiger charge is -2.39. The van der Waals surface area contributed by atoms with Gasteiger partial charge in [-0.05, 0) is 25.3 Å². The van der Waals surface area contributed by atoms with Gasteiger partial charge in [0.25, 0.3) is 5.91 Å². The van der Waals surface area contributed by atoms with Crippen LogP contribution < -0.4 is 0 Å². The van der Waals surface area contributed by atoms with E-state index < -0.39 is 0 Å². The molecule has 0 radical (unpaired) electrons. The zero-order chi connectivity index (χ0) is 16.7. The van der Waals surface area contributed by atoms with Crippen LogP contribution in [0, 0.1) is 0 Å². The molecule has 5 nitrogen and oxygen atoms in total. The number of aromatic nitrogens is 1. The molecule has 1 amide bonds. The smallest absolute Gasteiger partial charge is 0.256 e. The minimum atomic E-state index is -0.190. The van der Waals surface area contributed by atoms with Gasteiger partial charge in [-0.3, -0.25) is 9.69 Å². The molecule has 4 rings (SSSR count). The molecule has 2 aliphatic rings. The summed E-state index contributed by atoms with van der Waals surface area (Å²) in [5.74, 6) is 0.124. The van der Waals surface area contributed by atoms with Gasteiger partial charge >= 0.3 is 0 Å². The van der Waals surface area contributed by atoms with E-state index in [1.165, 1.54) is 0 Å². The molecule has 1 aliphatic carbocycles. The lowest BCUT2D eigenvalue weighted by Crippen LogP contribution is -2.53. The van der Waals surface area contributed by atoms with Crippen LogP contribution in [-0.2, 0) is 7.05 Å². The van der Waals surface area contributed by atoms with E-state index in [1.807, 2.05) is 47.0 Å². The van der Waals surface area contributed by atoms with Gasteiger partial charge in [0.1, 0.15) is 0 Å². The molecule has 5 heteroatoms. The van der Waals surface area contributed by atoms with Gasteiger partial charge in [0.15, 0.2) is 0 Å². The van der Waals surface area contributed by atoms with E-state index in [0.717, 1.165) is 61.9 Å². The van der Waals surface area contributed by atoms with E-state index in [9.17, 15) is 9.90 Å². The first-order valence-electron chi connectivity index (χ1n) is 8.90. The van der Waals surface area contributed by atoms with E-state index in [1.54, 1.807) is 0 Å². The Balaban J connectivity index is 1.48. The van der Waals surface area contributed by atoms with Crippen LogP contribution in [0.4, 0.5) is 0 Å². The van der Waals surface area contributed by atoms with E-state index in [2.05, 4.69) is 4.90 Å². The normalized spacial score (nSPS) is 25.5. The van der Waals surface area contributed by atoms with Gasteiger partial charge in [-0.25, -0.2) is 0 Å². The number of aryl methyl sites for hydroxylation is 1. The summed E-state index contributed by atoms with van der Waals surface area (Å²) in [6, 6.07) is 8.35. The number of rotatable bonds is 2. The minimum absolute atomic E-state index is 0.124. The van der Waals surface area contributed by atoms with E-state index in [4.69, 9.17) is 0 Å². The molecule has 2 unspecified atom stereocenters. The molecule has 2 fully saturated rings. The third kappa shape index (κ3) is 2.62. The number of nitrogens with zero attached hydrogens (tertiary/aromatic N) is 3. The average Bonchev–Trinajstić information content (AvgIpc) is 3.19. The van der Waals surface area contributed by atoms with Crippen LogP contribution in [-0.4, -0.2) is 63.7 Å². The summed E-state index contributed by atoms with van der Waals surface area (Å²) in [6.45, 7) is 3.20. The van der Waals surface area contributed by atoms with Crippen LogP contribution >= 0.6 is 0 Å². The summed E-state index contributed by atoms with van der Waals surface area (Å²) in [5, 5.41) is 11.1. The standard InChI is InChI=1S/C19H25N3O2/c1-20-13-15(14-5-2-3-6-16(14)20)19(24)22-11-9-21(10-12-22)17-7-4-8-18(17)23/h2-3,5-6,13,17-18,23H,4,7-12H2,1H3. The Kier molecular flexibility index (Phi) is 4.06. The molecule has 1 N–H and O–H groups in total. The monoisotopic (exact) mass is 327 g/mol. The summed E-state index contributed by atoms with van der Waals surface area (Å²) < 4.78 is 2.02. The van der Waals surface area contributed by atoms with Crippen molar-refractivity contribution in [2.75, 3.05) is 26.2 Å². The molecule has 24 heavy (non-hydrogen) atoms. The molecule has 1 aliphatic heterocycles. The topological polar surface area (TPSA) is 48.7 Å². The molecule has 2 heterocycles. The average molecular weight is 327 g/mol. The summed E-state index contributed by atoms with van der Waals surface area (Å²) in [5.41, 5.74) is 1.89. The summed E-state index contributed by atoms with van der Waals surface area (Å²) >= 11 is 0. The molecule has 1 aromatic carbocycles. The summed E-state index contributed by atoms with van der Waals surface area (Å²) in [7, 11) is 1.98. The maximum absolute atomic E-state index is 13.0. The van der Waals surface area contributed by atoms with Crippen molar-refractivity contribution in [3.63, 3.8) is 0 Å². The van der Waals surface area contributed by atoms with Gasteiger partial charge in [-0.1, -0.05) is 18.2 Å². The van der Waals surface area contributed by atoms with Crippen LogP contribution in [0.3, 0.4) is 0 Å². The van der Waals surface area contributed by atoms with Crippen molar-refractivity contribution in [1.82, 2.24) is 14.4 Å². The second kappa shape index (κ2) is 6.22. The number of aliphatic hydroxyl groups is 1. The largest absolute Gasteiger partial charge is 0.391 e. The summed E-state index contributed by atoms with van der Waals surface area (Å²) in [6.07, 6.45) is 4.87. The van der Waals surface area contributed by atoms with Gasteiger partial charge in [0.2, 0.25) is 0 Å². The lowest BCUT2D eigenvalue weighted by molar-refractivity contribution is 0.0316. The second-order valence-electron chi connectivity index (χ2n) is 7.06. The third-order valence-electron chi connectivity index (χ3n) is 5.64. The minimum Gasteiger partial charge on any atom is -0.391 e. The van der Waals surface area contributed by atoms with Crippen LogP contribution in [0.15, 0.2) is 30.5 Å². The zero-order valence-corrected chi connectivity index (χ0v) is 14.2. The van der Waals surface area contributed by atoms with Crippen molar-refractivity contribution < 1.29 is 9.90 Å². The number of hydrogen-bond donors (Lipinski definition) is 1. The number of para-hydroxylation sites is 1. The molecule has 1 aromatic heterocycles. The molecule has 1 saturated carbocycles. The lowest BCUT2D eigenvalue weighted by atomic mass is 10.1. The molecular formula is C19H25N3O2. The van der Waals surface area contributed by atoms with Gasteiger partial charge < -0.3 is 14.6 Å². The molecule has 2 aromatic rings. The van der Waals surface area contributed by atoms with Gasteiger partial charge in [-0.15, -0.1) is 0 Å². The molecule has 0 bridgehead atoms. The van der Waals surface area contributed by atoms with Crippen molar-refractivity contribution in [3.05, 3.63) is 36.0 Å². The maximum Gasteiger partial charge on any atom is 0.256 e. The van der Waals surface area contributed by atoms with Crippen LogP contribution in [0.25, 0.3) is 10.9 Å². The number of carbonyl (C=O) groups is 1. The number of benzene rings is 1. The van der Waals surface area contributed by atoms with E-state index >= 15 is 0 Å². The Labute approximate surface area is 142 Å². The van der Waals surface area contributed by atoms with Crippen molar-refractivity contribution >= 4 is 16.8 Å². The fourth-order valence-corrected chi connectivity index (χ4v) is 4.29. The number of piperazine rings is 1. The number of hydrogen-bond acceptors (Lipinski definition) is 3. The van der Waals surface area contributed by atoms with Crippen molar-refractivity contribution in [1.29, 1.82) is 0 Å². The molecule has 128 valence electrons. The fraction of sp³-hybridized carbons (Fsp3) is 0.526. The second-order valence-corrected chi connectivity index (χ2v) is 7.06. The fourth-order valence-electron chi connectivity index (χ4n) is 4.29. The Hall–Kier alpha value is -1.85. The zero-order valence-electron chi connectivity index (χ0n) is 14.2. The predicted molar refractivity (Wildman–Crippen MR) is 94.0 cm³/mol. The quantitative estimate of drug-likeness (QED) is 0.916. The van der Waals surface area contributed by atoms with Crippen molar-refractivity contribution in [2.45, 2.75) is 31.4 Å². The third-order valence-corrected chi connectivity index (χ3v) is 5.64. The Morgan fingerprint density at radius 3 is 2.58 bits per heavy atom. The Morgan fingerprint density at radius 2 is 1.88 bits per heavy atom. The van der Waals surface area contributed by atoms with Crippen molar-refractivity contribution in [2.24, 2.45) is 7.05 Å². The molecular weight excluding hydrogens is 302 g/mol. The van der Waals surface area contributed by atoms with E-state index in [-0.39, 0.29) is 12.0 Å². The van der Waals surface area contributed by atoms with E-state index in [0.29, 0.717) is 6.04 Å². The van der Waals surface area contributed by atoms with Crippen LogP contribution in [0.5, 0.6) is 0 Å². The number of carbonyl (C=O) groups excluding carboxylic acids is 1. The SMILES string of the molecule is Cn1cc(C(=O)N2CCN(C3CCCC3O)CC2)c2ccccc21. The Bertz CT molecular complexity index is 746. The highest BCUT2D eigenvalue weighted by Crippen LogP contribution is 2.26. The highest BCUT2D eigenvalue weighted by molar-refractivity contribution is 6.07. The first-order valence-corrected chi connectivity index (χ1v) is 8.90. The first kappa shape index (κ1) is 15.7. The highest BCUT2D eigenvalue weighted by Gasteiger charge is 2.33. The number of amides is 1. The first-order chi connectivity index (χ1) is 11.6. The highest BCUT2D eigenvalue weighted by atomic mass is 16.3. The number of aliphatic hydroxyl groups excluding tert-OH is 1. The molecule has 0 spiro atoms. The summed E-state index contributed by atoms with van der Waals surface area (Å²) in [4.78, 5) is 17.3. The predicted octanol–water partition coefficient (Wildman–Crippen LogP) is 1.85. The van der Waals surface area contributed by atoms with Gasteiger partial charge in [0.05, 0.1) is 11.7 Å². The molecule has 1 saturated heterocycles. The van der Waals surface area contributed by atoms with Gasteiger partial charge in [0, 0.05) is 56.4 Å². The molecule has 2 atom stereocenters. The Morgan fingerprint density at radius 1 is 1.12 bits per heavy atom. The van der Waals surface area contributed by atoms with Crippen LogP contribution in [0.1, 0.15) is 29.6 Å². The van der Waals surface area contributed by atoms with Gasteiger partial charge in [-0.2, -0.15) is 0 Å².